The van der Waals surface area contributed by atoms with Gasteiger partial charge in [-0.2, -0.15) is 5.10 Å². The first-order valence-electron chi connectivity index (χ1n) is 4.03. The first kappa shape index (κ1) is 9.55. The fourth-order valence-electron chi connectivity index (χ4n) is 0.958. The van der Waals surface area contributed by atoms with E-state index in [0.717, 1.165) is 17.3 Å². The van der Waals surface area contributed by atoms with E-state index < -0.39 is 0 Å². The molecule has 4 heteroatoms. The highest BCUT2D eigenvalue weighted by Crippen LogP contribution is 2.16. The van der Waals surface area contributed by atoms with Crippen LogP contribution in [0.15, 0.2) is 6.20 Å². The van der Waals surface area contributed by atoms with Crippen LogP contribution < -0.4 is 5.32 Å². The third-order valence-corrected chi connectivity index (χ3v) is 1.95. The summed E-state index contributed by atoms with van der Waals surface area (Å²) in [7, 11) is 1.88. The predicted molar refractivity (Wildman–Crippen MR) is 50.4 cm³/mol. The highest BCUT2D eigenvalue weighted by atomic mass is 35.5. The summed E-state index contributed by atoms with van der Waals surface area (Å²) < 4.78 is 1.87. The van der Waals surface area contributed by atoms with Crippen LogP contribution in [0.3, 0.4) is 0 Å². The average molecular weight is 188 g/mol. The van der Waals surface area contributed by atoms with Crippen LogP contribution in [-0.2, 0) is 6.54 Å². The number of halogens is 1. The Bertz CT molecular complexity index is 255. The second-order valence-electron chi connectivity index (χ2n) is 3.03. The molecule has 0 aliphatic carbocycles. The summed E-state index contributed by atoms with van der Waals surface area (Å²) in [4.78, 5) is 0. The third-order valence-electron chi connectivity index (χ3n) is 1.63. The van der Waals surface area contributed by atoms with Gasteiger partial charge in [-0.3, -0.25) is 4.68 Å². The molecule has 1 N–H and O–H groups in total. The predicted octanol–water partition coefficient (Wildman–Crippen LogP) is 1.84. The van der Waals surface area contributed by atoms with E-state index >= 15 is 0 Å². The van der Waals surface area contributed by atoms with Crippen LogP contribution in [0.5, 0.6) is 0 Å². The van der Waals surface area contributed by atoms with E-state index in [0.29, 0.717) is 6.04 Å². The molecule has 1 rings (SSSR count). The molecule has 1 aromatic heterocycles. The van der Waals surface area contributed by atoms with Crippen molar-refractivity contribution < 1.29 is 0 Å². The van der Waals surface area contributed by atoms with Crippen LogP contribution in [0.25, 0.3) is 0 Å². The number of aromatic nitrogens is 2. The van der Waals surface area contributed by atoms with Gasteiger partial charge in [-0.15, -0.1) is 0 Å². The van der Waals surface area contributed by atoms with Crippen LogP contribution >= 0.6 is 11.6 Å². The van der Waals surface area contributed by atoms with Gasteiger partial charge in [0.15, 0.2) is 0 Å². The lowest BCUT2D eigenvalue weighted by molar-refractivity contribution is 0.524. The lowest BCUT2D eigenvalue weighted by Gasteiger charge is -2.03. The fraction of sp³-hybridized carbons (Fsp3) is 0.625. The van der Waals surface area contributed by atoms with Crippen LogP contribution in [0.2, 0.25) is 5.02 Å². The lowest BCUT2D eigenvalue weighted by Crippen LogP contribution is -2.08. The van der Waals surface area contributed by atoms with E-state index in [4.69, 9.17) is 11.6 Å². The SMILES string of the molecule is CNCc1nn(C(C)C)cc1Cl. The third kappa shape index (κ3) is 1.99. The van der Waals surface area contributed by atoms with E-state index in [-0.39, 0.29) is 0 Å². The first-order chi connectivity index (χ1) is 5.65. The highest BCUT2D eigenvalue weighted by Gasteiger charge is 2.06. The second kappa shape index (κ2) is 3.92. The average Bonchev–Trinajstić information content (AvgIpc) is 2.34. The van der Waals surface area contributed by atoms with E-state index in [1.807, 2.05) is 17.9 Å². The Morgan fingerprint density at radius 2 is 2.33 bits per heavy atom. The molecule has 1 heterocycles. The largest absolute Gasteiger partial charge is 0.314 e. The van der Waals surface area contributed by atoms with Crippen molar-refractivity contribution in [3.63, 3.8) is 0 Å². The number of nitrogens with zero attached hydrogens (tertiary/aromatic N) is 2. The van der Waals surface area contributed by atoms with Crippen molar-refractivity contribution in [1.82, 2.24) is 15.1 Å². The van der Waals surface area contributed by atoms with Gasteiger partial charge >= 0.3 is 0 Å². The van der Waals surface area contributed by atoms with Crippen molar-refractivity contribution in [2.24, 2.45) is 0 Å². The van der Waals surface area contributed by atoms with Crippen LogP contribution in [0.1, 0.15) is 25.6 Å². The van der Waals surface area contributed by atoms with Crippen molar-refractivity contribution in [1.29, 1.82) is 0 Å². The summed E-state index contributed by atoms with van der Waals surface area (Å²) in [6, 6.07) is 0.369. The zero-order valence-electron chi connectivity index (χ0n) is 7.63. The first-order valence-corrected chi connectivity index (χ1v) is 4.41. The monoisotopic (exact) mass is 187 g/mol. The van der Waals surface area contributed by atoms with Crippen molar-refractivity contribution in [2.45, 2.75) is 26.4 Å². The second-order valence-corrected chi connectivity index (χ2v) is 3.44. The van der Waals surface area contributed by atoms with Gasteiger partial charge in [0.2, 0.25) is 0 Å². The summed E-state index contributed by atoms with van der Waals surface area (Å²) in [5.41, 5.74) is 0.910. The molecule has 0 saturated carbocycles. The summed E-state index contributed by atoms with van der Waals surface area (Å²) in [5.74, 6) is 0. The molecular formula is C8H14ClN3. The summed E-state index contributed by atoms with van der Waals surface area (Å²) in [6.07, 6.45) is 1.86. The molecule has 0 bridgehead atoms. The summed E-state index contributed by atoms with van der Waals surface area (Å²) in [6.45, 7) is 4.87. The maximum Gasteiger partial charge on any atom is 0.0948 e. The van der Waals surface area contributed by atoms with Crippen molar-refractivity contribution in [3.05, 3.63) is 16.9 Å². The number of hydrogen-bond acceptors (Lipinski definition) is 2. The number of nitrogens with one attached hydrogen (secondary N) is 1. The molecule has 0 amide bonds. The van der Waals surface area contributed by atoms with E-state index in [2.05, 4.69) is 24.3 Å². The van der Waals surface area contributed by atoms with E-state index in [1.54, 1.807) is 0 Å². The van der Waals surface area contributed by atoms with Crippen molar-refractivity contribution in [2.75, 3.05) is 7.05 Å². The maximum atomic E-state index is 5.94. The quantitative estimate of drug-likeness (QED) is 0.783. The number of hydrogen-bond donors (Lipinski definition) is 1. The van der Waals surface area contributed by atoms with Gasteiger partial charge in [-0.25, -0.2) is 0 Å². The van der Waals surface area contributed by atoms with Gasteiger partial charge in [-0.1, -0.05) is 11.6 Å². The van der Waals surface area contributed by atoms with Crippen molar-refractivity contribution in [3.8, 4) is 0 Å². The Morgan fingerprint density at radius 3 is 2.75 bits per heavy atom. The van der Waals surface area contributed by atoms with Gasteiger partial charge < -0.3 is 5.32 Å². The molecule has 0 unspecified atom stereocenters. The Balaban J connectivity index is 2.85. The molecule has 68 valence electrons. The van der Waals surface area contributed by atoms with Gasteiger partial charge in [0.05, 0.1) is 10.7 Å². The minimum atomic E-state index is 0.369. The molecule has 3 nitrogen and oxygen atoms in total. The molecule has 0 spiro atoms. The fourth-order valence-corrected chi connectivity index (χ4v) is 1.16. The molecule has 0 fully saturated rings. The Kier molecular flexibility index (Phi) is 3.12. The lowest BCUT2D eigenvalue weighted by atomic mass is 10.4. The zero-order chi connectivity index (χ0) is 9.14. The maximum absolute atomic E-state index is 5.94. The molecule has 0 saturated heterocycles. The van der Waals surface area contributed by atoms with Gasteiger partial charge in [0.1, 0.15) is 0 Å². The zero-order valence-corrected chi connectivity index (χ0v) is 8.39. The van der Waals surface area contributed by atoms with Gasteiger partial charge in [0, 0.05) is 18.8 Å². The van der Waals surface area contributed by atoms with Gasteiger partial charge in [0.25, 0.3) is 0 Å². The Morgan fingerprint density at radius 1 is 1.67 bits per heavy atom. The van der Waals surface area contributed by atoms with E-state index in [1.165, 1.54) is 0 Å². The molecule has 0 aliphatic heterocycles. The molecule has 0 radical (unpaired) electrons. The molecule has 0 aliphatic rings. The highest BCUT2D eigenvalue weighted by molar-refractivity contribution is 6.31. The van der Waals surface area contributed by atoms with Crippen LogP contribution in [0.4, 0.5) is 0 Å². The minimum absolute atomic E-state index is 0.369. The molecule has 1 aromatic rings. The molecule has 0 atom stereocenters. The van der Waals surface area contributed by atoms with Crippen molar-refractivity contribution >= 4 is 11.6 Å². The van der Waals surface area contributed by atoms with Crippen LogP contribution in [-0.4, -0.2) is 16.8 Å². The number of rotatable bonds is 3. The van der Waals surface area contributed by atoms with Gasteiger partial charge in [-0.05, 0) is 20.9 Å². The minimum Gasteiger partial charge on any atom is -0.314 e. The van der Waals surface area contributed by atoms with E-state index in [9.17, 15) is 0 Å². The summed E-state index contributed by atoms with van der Waals surface area (Å²) >= 11 is 5.94. The molecular weight excluding hydrogens is 174 g/mol. The summed E-state index contributed by atoms with van der Waals surface area (Å²) in [5, 5.41) is 8.07. The van der Waals surface area contributed by atoms with Crippen LogP contribution in [0, 0.1) is 0 Å². The Labute approximate surface area is 77.7 Å². The normalized spacial score (nSPS) is 11.1. The molecule has 0 aromatic carbocycles. The topological polar surface area (TPSA) is 29.9 Å². The smallest absolute Gasteiger partial charge is 0.0948 e. The Hall–Kier alpha value is -0.540. The standard InChI is InChI=1S/C8H14ClN3/c1-6(2)12-5-7(9)8(11-12)4-10-3/h5-6,10H,4H2,1-3H3. The molecule has 12 heavy (non-hydrogen) atoms.